The number of amides is 2. The Hall–Kier alpha value is -2.50. The van der Waals surface area contributed by atoms with E-state index in [0.717, 1.165) is 5.75 Å². The van der Waals surface area contributed by atoms with Crippen LogP contribution in [-0.4, -0.2) is 34.8 Å². The van der Waals surface area contributed by atoms with E-state index < -0.39 is 0 Å². The number of hydrogen-bond acceptors (Lipinski definition) is 3. The van der Waals surface area contributed by atoms with E-state index in [-0.39, 0.29) is 12.1 Å². The number of aromatic nitrogens is 2. The number of ether oxygens (including phenoxy) is 1. The molecule has 124 valence electrons. The standard InChI is InChI=1S/C17H24N4O2/c1-13-8-14(2)10-16(9-13)23-7-5-19-17(22)20-15(3)11-21-6-4-18-12-21/h4,6,8-10,12,15H,5,7,11H2,1-3H3,(H2,19,20,22)/t15-/m0/s1. The van der Waals surface area contributed by atoms with Crippen molar-refractivity contribution < 1.29 is 9.53 Å². The average molecular weight is 316 g/mol. The molecule has 2 rings (SSSR count). The maximum Gasteiger partial charge on any atom is 0.315 e. The maximum atomic E-state index is 11.8. The zero-order chi connectivity index (χ0) is 16.7. The molecule has 0 fully saturated rings. The van der Waals surface area contributed by atoms with Gasteiger partial charge in [-0.05, 0) is 44.0 Å². The Labute approximate surface area is 136 Å². The van der Waals surface area contributed by atoms with Crippen molar-refractivity contribution in [2.24, 2.45) is 0 Å². The SMILES string of the molecule is Cc1cc(C)cc(OCCNC(=O)N[C@@H](C)Cn2ccnc2)c1. The Morgan fingerprint density at radius 1 is 1.30 bits per heavy atom. The van der Waals surface area contributed by atoms with Gasteiger partial charge in [-0.3, -0.25) is 0 Å². The Balaban J connectivity index is 1.64. The molecule has 1 aromatic heterocycles. The van der Waals surface area contributed by atoms with E-state index in [0.29, 0.717) is 19.7 Å². The number of nitrogens with zero attached hydrogens (tertiary/aromatic N) is 2. The predicted octanol–water partition coefficient (Wildman–Crippen LogP) is 2.27. The van der Waals surface area contributed by atoms with Crippen molar-refractivity contribution in [2.75, 3.05) is 13.2 Å². The van der Waals surface area contributed by atoms with Gasteiger partial charge < -0.3 is 19.9 Å². The zero-order valence-corrected chi connectivity index (χ0v) is 13.9. The van der Waals surface area contributed by atoms with Crippen LogP contribution < -0.4 is 15.4 Å². The van der Waals surface area contributed by atoms with E-state index in [4.69, 9.17) is 4.74 Å². The third kappa shape index (κ3) is 6.02. The number of benzene rings is 1. The molecule has 1 heterocycles. The van der Waals surface area contributed by atoms with Crippen LogP contribution >= 0.6 is 0 Å². The topological polar surface area (TPSA) is 68.2 Å². The highest BCUT2D eigenvalue weighted by atomic mass is 16.5. The number of carbonyl (C=O) groups excluding carboxylic acids is 1. The van der Waals surface area contributed by atoms with Crippen molar-refractivity contribution >= 4 is 6.03 Å². The summed E-state index contributed by atoms with van der Waals surface area (Å²) in [5.41, 5.74) is 2.33. The molecule has 0 aliphatic heterocycles. The van der Waals surface area contributed by atoms with Crippen LogP contribution in [0.25, 0.3) is 0 Å². The minimum Gasteiger partial charge on any atom is -0.492 e. The monoisotopic (exact) mass is 316 g/mol. The molecule has 23 heavy (non-hydrogen) atoms. The molecule has 2 N–H and O–H groups in total. The number of nitrogens with one attached hydrogen (secondary N) is 2. The summed E-state index contributed by atoms with van der Waals surface area (Å²) in [6, 6.07) is 5.90. The van der Waals surface area contributed by atoms with Crippen LogP contribution in [0.1, 0.15) is 18.1 Å². The molecule has 0 aliphatic rings. The molecule has 0 bridgehead atoms. The summed E-state index contributed by atoms with van der Waals surface area (Å²) < 4.78 is 7.58. The van der Waals surface area contributed by atoms with Gasteiger partial charge in [-0.1, -0.05) is 6.07 Å². The Kier molecular flexibility index (Phi) is 6.02. The maximum absolute atomic E-state index is 11.8. The van der Waals surface area contributed by atoms with Gasteiger partial charge in [0.2, 0.25) is 0 Å². The van der Waals surface area contributed by atoms with Crippen LogP contribution in [0, 0.1) is 13.8 Å². The minimum atomic E-state index is -0.193. The van der Waals surface area contributed by atoms with Crippen LogP contribution in [0.15, 0.2) is 36.9 Å². The van der Waals surface area contributed by atoms with E-state index in [2.05, 4.69) is 21.7 Å². The van der Waals surface area contributed by atoms with Gasteiger partial charge in [0.25, 0.3) is 0 Å². The van der Waals surface area contributed by atoms with E-state index in [1.807, 2.05) is 43.7 Å². The van der Waals surface area contributed by atoms with Crippen molar-refractivity contribution in [3.05, 3.63) is 48.0 Å². The van der Waals surface area contributed by atoms with Gasteiger partial charge in [-0.15, -0.1) is 0 Å². The number of hydrogen-bond donors (Lipinski definition) is 2. The van der Waals surface area contributed by atoms with Gasteiger partial charge in [0.1, 0.15) is 12.4 Å². The van der Waals surface area contributed by atoms with Crippen LogP contribution in [0.4, 0.5) is 4.79 Å². The molecular formula is C17H24N4O2. The molecule has 0 unspecified atom stereocenters. The lowest BCUT2D eigenvalue weighted by molar-refractivity contribution is 0.232. The predicted molar refractivity (Wildman–Crippen MR) is 89.6 cm³/mol. The molecule has 0 saturated carbocycles. The number of carbonyl (C=O) groups is 1. The van der Waals surface area contributed by atoms with Crippen LogP contribution in [0.3, 0.4) is 0 Å². The quantitative estimate of drug-likeness (QED) is 0.770. The molecular weight excluding hydrogens is 292 g/mol. The lowest BCUT2D eigenvalue weighted by Crippen LogP contribution is -2.43. The van der Waals surface area contributed by atoms with Crippen molar-refractivity contribution in [1.29, 1.82) is 0 Å². The van der Waals surface area contributed by atoms with E-state index in [1.165, 1.54) is 11.1 Å². The molecule has 2 aromatic rings. The van der Waals surface area contributed by atoms with Crippen molar-refractivity contribution in [1.82, 2.24) is 20.2 Å². The highest BCUT2D eigenvalue weighted by Gasteiger charge is 2.07. The fourth-order valence-corrected chi connectivity index (χ4v) is 2.38. The lowest BCUT2D eigenvalue weighted by Gasteiger charge is -2.15. The molecule has 0 aliphatic carbocycles. The first-order chi connectivity index (χ1) is 11.0. The molecule has 0 saturated heterocycles. The summed E-state index contributed by atoms with van der Waals surface area (Å²) in [4.78, 5) is 15.8. The van der Waals surface area contributed by atoms with Gasteiger partial charge in [-0.25, -0.2) is 9.78 Å². The first-order valence-electron chi connectivity index (χ1n) is 7.74. The molecule has 0 radical (unpaired) electrons. The Morgan fingerprint density at radius 3 is 2.70 bits per heavy atom. The summed E-state index contributed by atoms with van der Waals surface area (Å²) in [5, 5.41) is 5.67. The summed E-state index contributed by atoms with van der Waals surface area (Å²) in [5.74, 6) is 0.832. The highest BCUT2D eigenvalue weighted by Crippen LogP contribution is 2.15. The van der Waals surface area contributed by atoms with E-state index >= 15 is 0 Å². The van der Waals surface area contributed by atoms with Gasteiger partial charge in [0.05, 0.1) is 12.9 Å². The second-order valence-corrected chi connectivity index (χ2v) is 5.73. The fourth-order valence-electron chi connectivity index (χ4n) is 2.38. The van der Waals surface area contributed by atoms with Gasteiger partial charge >= 0.3 is 6.03 Å². The number of imidazole rings is 1. The molecule has 1 aromatic carbocycles. The molecule has 0 spiro atoms. The zero-order valence-electron chi connectivity index (χ0n) is 13.9. The van der Waals surface area contributed by atoms with Crippen molar-refractivity contribution in [3.8, 4) is 5.75 Å². The van der Waals surface area contributed by atoms with Gasteiger partial charge in [-0.2, -0.15) is 0 Å². The van der Waals surface area contributed by atoms with Gasteiger partial charge in [0, 0.05) is 25.0 Å². The molecule has 6 heteroatoms. The second kappa shape index (κ2) is 8.22. The Morgan fingerprint density at radius 2 is 2.04 bits per heavy atom. The average Bonchev–Trinajstić information content (AvgIpc) is 2.95. The van der Waals surface area contributed by atoms with Crippen LogP contribution in [0.5, 0.6) is 5.75 Å². The number of urea groups is 1. The Bertz CT molecular complexity index is 605. The first-order valence-corrected chi connectivity index (χ1v) is 7.74. The smallest absolute Gasteiger partial charge is 0.315 e. The van der Waals surface area contributed by atoms with Crippen LogP contribution in [0.2, 0.25) is 0 Å². The van der Waals surface area contributed by atoms with E-state index in [9.17, 15) is 4.79 Å². The lowest BCUT2D eigenvalue weighted by atomic mass is 10.1. The summed E-state index contributed by atoms with van der Waals surface area (Å²) in [7, 11) is 0. The van der Waals surface area contributed by atoms with Crippen molar-refractivity contribution in [3.63, 3.8) is 0 Å². The largest absolute Gasteiger partial charge is 0.492 e. The highest BCUT2D eigenvalue weighted by molar-refractivity contribution is 5.74. The number of aryl methyl sites for hydroxylation is 2. The minimum absolute atomic E-state index is 0.0181. The summed E-state index contributed by atoms with van der Waals surface area (Å²) in [6.45, 7) is 7.60. The molecule has 6 nitrogen and oxygen atoms in total. The fraction of sp³-hybridized carbons (Fsp3) is 0.412. The summed E-state index contributed by atoms with van der Waals surface area (Å²) in [6.07, 6.45) is 5.32. The van der Waals surface area contributed by atoms with E-state index in [1.54, 1.807) is 12.5 Å². The normalized spacial score (nSPS) is 11.8. The van der Waals surface area contributed by atoms with Crippen LogP contribution in [-0.2, 0) is 6.54 Å². The molecule has 1 atom stereocenters. The first kappa shape index (κ1) is 16.9. The summed E-state index contributed by atoms with van der Waals surface area (Å²) >= 11 is 0. The molecule has 2 amide bonds. The third-order valence-corrected chi connectivity index (χ3v) is 3.27. The van der Waals surface area contributed by atoms with Gasteiger partial charge in [0.15, 0.2) is 0 Å². The third-order valence-electron chi connectivity index (χ3n) is 3.27. The second-order valence-electron chi connectivity index (χ2n) is 5.73. The number of rotatable bonds is 7. The van der Waals surface area contributed by atoms with Crippen molar-refractivity contribution in [2.45, 2.75) is 33.4 Å².